The normalized spacial score (nSPS) is 15.7. The first-order valence-electron chi connectivity index (χ1n) is 9.93. The number of anilines is 1. The Morgan fingerprint density at radius 2 is 1.93 bits per heavy atom. The Morgan fingerprint density at radius 1 is 1.18 bits per heavy atom. The zero-order chi connectivity index (χ0) is 19.8. The molecule has 1 fully saturated rings. The van der Waals surface area contributed by atoms with Crippen LogP contribution in [0.4, 0.5) is 5.95 Å². The quantitative estimate of drug-likeness (QED) is 0.437. The average molecular weight is 385 g/mol. The fourth-order valence-electron chi connectivity index (χ4n) is 3.49. The van der Waals surface area contributed by atoms with Crippen molar-refractivity contribution in [1.82, 2.24) is 29.7 Å². The molecule has 0 bridgehead atoms. The molecule has 0 amide bonds. The zero-order valence-corrected chi connectivity index (χ0v) is 17.3. The lowest BCUT2D eigenvalue weighted by atomic mass is 10.3. The summed E-state index contributed by atoms with van der Waals surface area (Å²) in [5.74, 6) is 1.78. The molecule has 0 spiro atoms. The summed E-state index contributed by atoms with van der Waals surface area (Å²) < 4.78 is 2.14. The summed E-state index contributed by atoms with van der Waals surface area (Å²) in [5, 5.41) is 3.48. The van der Waals surface area contributed by atoms with Gasteiger partial charge in [0.15, 0.2) is 5.96 Å². The molecule has 28 heavy (non-hydrogen) atoms. The topological polar surface area (TPSA) is 64.8 Å². The van der Waals surface area contributed by atoms with Gasteiger partial charge in [0, 0.05) is 78.2 Å². The van der Waals surface area contributed by atoms with E-state index in [2.05, 4.69) is 72.0 Å². The van der Waals surface area contributed by atoms with Crippen LogP contribution in [-0.4, -0.2) is 83.7 Å². The highest BCUT2D eigenvalue weighted by Crippen LogP contribution is 2.09. The molecule has 0 aromatic carbocycles. The van der Waals surface area contributed by atoms with Crippen LogP contribution >= 0.6 is 0 Å². The number of hydrogen-bond donors (Lipinski definition) is 1. The number of rotatable bonds is 7. The number of piperazine rings is 1. The van der Waals surface area contributed by atoms with Crippen LogP contribution in [0, 0.1) is 0 Å². The Balaban J connectivity index is 1.34. The fourth-order valence-corrected chi connectivity index (χ4v) is 3.49. The number of nitrogens with zero attached hydrogens (tertiary/aromatic N) is 7. The second kappa shape index (κ2) is 10.1. The van der Waals surface area contributed by atoms with Gasteiger partial charge in [-0.1, -0.05) is 0 Å². The van der Waals surface area contributed by atoms with Crippen LogP contribution in [0.25, 0.3) is 0 Å². The molecule has 152 valence electrons. The number of aromatic nitrogens is 3. The highest BCUT2D eigenvalue weighted by molar-refractivity contribution is 5.79. The van der Waals surface area contributed by atoms with Gasteiger partial charge in [0.05, 0.1) is 6.54 Å². The highest BCUT2D eigenvalue weighted by atomic mass is 15.3. The minimum Gasteiger partial charge on any atom is -0.356 e. The van der Waals surface area contributed by atoms with Gasteiger partial charge in [0.2, 0.25) is 5.95 Å². The monoisotopic (exact) mass is 384 g/mol. The second-order valence-electron chi connectivity index (χ2n) is 7.17. The predicted molar refractivity (Wildman–Crippen MR) is 114 cm³/mol. The summed E-state index contributed by atoms with van der Waals surface area (Å²) in [4.78, 5) is 20.0. The van der Waals surface area contributed by atoms with Crippen molar-refractivity contribution in [2.24, 2.45) is 12.0 Å². The minimum absolute atomic E-state index is 0.840. The predicted octanol–water partition coefficient (Wildman–Crippen LogP) is 1.03. The molecule has 8 heteroatoms. The maximum atomic E-state index is 4.41. The van der Waals surface area contributed by atoms with Crippen LogP contribution in [0.1, 0.15) is 12.1 Å². The van der Waals surface area contributed by atoms with Gasteiger partial charge in [-0.3, -0.25) is 9.89 Å². The van der Waals surface area contributed by atoms with Crippen LogP contribution in [0.3, 0.4) is 0 Å². The molecular formula is C20H32N8. The summed E-state index contributed by atoms with van der Waals surface area (Å²) >= 11 is 0. The lowest BCUT2D eigenvalue weighted by Crippen LogP contribution is -2.47. The van der Waals surface area contributed by atoms with Gasteiger partial charge in [0.25, 0.3) is 0 Å². The summed E-state index contributed by atoms with van der Waals surface area (Å²) in [7, 11) is 5.99. The molecule has 0 unspecified atom stereocenters. The molecule has 1 aliphatic heterocycles. The third kappa shape index (κ3) is 5.45. The minimum atomic E-state index is 0.840. The Hall–Kier alpha value is -2.61. The summed E-state index contributed by atoms with van der Waals surface area (Å²) in [6.07, 6.45) is 6.78. The van der Waals surface area contributed by atoms with E-state index in [9.17, 15) is 0 Å². The molecule has 3 heterocycles. The number of guanidine groups is 1. The largest absolute Gasteiger partial charge is 0.356 e. The molecule has 0 aliphatic carbocycles. The third-order valence-electron chi connectivity index (χ3n) is 5.17. The van der Waals surface area contributed by atoms with Crippen molar-refractivity contribution in [3.05, 3.63) is 42.5 Å². The number of hydrogen-bond acceptors (Lipinski definition) is 5. The molecule has 2 aromatic rings. The van der Waals surface area contributed by atoms with E-state index in [-0.39, 0.29) is 0 Å². The maximum absolute atomic E-state index is 4.41. The van der Waals surface area contributed by atoms with Crippen LogP contribution in [0.5, 0.6) is 0 Å². The van der Waals surface area contributed by atoms with E-state index in [0.29, 0.717) is 0 Å². The van der Waals surface area contributed by atoms with Gasteiger partial charge in [-0.2, -0.15) is 0 Å². The second-order valence-corrected chi connectivity index (χ2v) is 7.17. The van der Waals surface area contributed by atoms with E-state index in [4.69, 9.17) is 0 Å². The van der Waals surface area contributed by atoms with E-state index in [1.54, 1.807) is 0 Å². The molecule has 0 saturated carbocycles. The van der Waals surface area contributed by atoms with E-state index in [1.807, 2.05) is 25.5 Å². The number of aliphatic imine (C=N–C) groups is 1. The van der Waals surface area contributed by atoms with Crippen molar-refractivity contribution < 1.29 is 0 Å². The van der Waals surface area contributed by atoms with E-state index >= 15 is 0 Å². The van der Waals surface area contributed by atoms with Crippen molar-refractivity contribution in [3.8, 4) is 0 Å². The summed E-state index contributed by atoms with van der Waals surface area (Å²) in [6.45, 7) is 6.94. The van der Waals surface area contributed by atoms with Crippen LogP contribution < -0.4 is 10.2 Å². The molecule has 3 rings (SSSR count). The number of nitrogens with one attached hydrogen (secondary N) is 1. The third-order valence-corrected chi connectivity index (χ3v) is 5.17. The van der Waals surface area contributed by atoms with Crippen molar-refractivity contribution >= 4 is 11.9 Å². The van der Waals surface area contributed by atoms with Crippen LogP contribution in [-0.2, 0) is 13.6 Å². The van der Waals surface area contributed by atoms with E-state index < -0.39 is 0 Å². The fraction of sp³-hybridized carbons (Fsp3) is 0.550. The molecule has 0 atom stereocenters. The van der Waals surface area contributed by atoms with Crippen molar-refractivity contribution in [1.29, 1.82) is 0 Å². The standard InChI is InChI=1S/C20H32N8/c1-21-19(26(3)17-18-7-4-11-25(18)2)22-10-6-12-27-13-15-28(16-14-27)20-23-8-5-9-24-20/h4-5,7-9,11H,6,10,12-17H2,1-3H3,(H,21,22). The van der Waals surface area contributed by atoms with Gasteiger partial charge in [0.1, 0.15) is 0 Å². The smallest absolute Gasteiger partial charge is 0.225 e. The van der Waals surface area contributed by atoms with Crippen molar-refractivity contribution in [3.63, 3.8) is 0 Å². The molecule has 1 saturated heterocycles. The van der Waals surface area contributed by atoms with Crippen LogP contribution in [0.2, 0.25) is 0 Å². The van der Waals surface area contributed by atoms with Crippen molar-refractivity contribution in [2.45, 2.75) is 13.0 Å². The Morgan fingerprint density at radius 3 is 2.57 bits per heavy atom. The van der Waals surface area contributed by atoms with Gasteiger partial charge in [-0.05, 0) is 31.2 Å². The van der Waals surface area contributed by atoms with Gasteiger partial charge in [-0.25, -0.2) is 9.97 Å². The average Bonchev–Trinajstić information content (AvgIpc) is 3.13. The van der Waals surface area contributed by atoms with Gasteiger partial charge >= 0.3 is 0 Å². The van der Waals surface area contributed by atoms with Crippen molar-refractivity contribution in [2.75, 3.05) is 58.3 Å². The molecule has 1 N–H and O–H groups in total. The first kappa shape index (κ1) is 20.1. The summed E-state index contributed by atoms with van der Waals surface area (Å²) in [5.41, 5.74) is 1.27. The van der Waals surface area contributed by atoms with Gasteiger partial charge in [-0.15, -0.1) is 0 Å². The highest BCUT2D eigenvalue weighted by Gasteiger charge is 2.18. The molecule has 1 aliphatic rings. The van der Waals surface area contributed by atoms with Gasteiger partial charge < -0.3 is 19.7 Å². The lowest BCUT2D eigenvalue weighted by molar-refractivity contribution is 0.254. The molecular weight excluding hydrogens is 352 g/mol. The maximum Gasteiger partial charge on any atom is 0.225 e. The number of aryl methyl sites for hydroxylation is 1. The molecule has 8 nitrogen and oxygen atoms in total. The summed E-state index contributed by atoms with van der Waals surface area (Å²) in [6, 6.07) is 6.07. The first-order chi connectivity index (χ1) is 13.7. The Bertz CT molecular complexity index is 734. The molecule has 2 aromatic heterocycles. The lowest BCUT2D eigenvalue weighted by Gasteiger charge is -2.34. The molecule has 0 radical (unpaired) electrons. The van der Waals surface area contributed by atoms with E-state index in [0.717, 1.165) is 64.1 Å². The Kier molecular flexibility index (Phi) is 7.25. The Labute approximate surface area is 167 Å². The zero-order valence-electron chi connectivity index (χ0n) is 17.3. The SMILES string of the molecule is CN=C(NCCCN1CCN(c2ncccn2)CC1)N(C)Cc1cccn1C. The van der Waals surface area contributed by atoms with E-state index in [1.165, 1.54) is 5.69 Å². The van der Waals surface area contributed by atoms with Crippen LogP contribution in [0.15, 0.2) is 41.8 Å². The first-order valence-corrected chi connectivity index (χ1v) is 9.93.